The van der Waals surface area contributed by atoms with Gasteiger partial charge in [-0.3, -0.25) is 0 Å². The van der Waals surface area contributed by atoms with Crippen molar-refractivity contribution in [2.45, 2.75) is 26.0 Å². The van der Waals surface area contributed by atoms with Crippen LogP contribution in [-0.2, 0) is 12.1 Å². The molecule has 0 fully saturated rings. The van der Waals surface area contributed by atoms with Crippen molar-refractivity contribution in [3.8, 4) is 0 Å². The van der Waals surface area contributed by atoms with E-state index in [-0.39, 0.29) is 12.4 Å². The zero-order chi connectivity index (χ0) is 13.4. The molecule has 0 aromatic carbocycles. The van der Waals surface area contributed by atoms with Crippen LogP contribution in [0.4, 0.5) is 4.79 Å². The summed E-state index contributed by atoms with van der Waals surface area (Å²) in [5.41, 5.74) is 4.51. The van der Waals surface area contributed by atoms with Gasteiger partial charge in [-0.1, -0.05) is 0 Å². The first-order chi connectivity index (χ1) is 8.33. The minimum absolute atomic E-state index is 0.0294. The van der Waals surface area contributed by atoms with Gasteiger partial charge in [0.15, 0.2) is 0 Å². The van der Waals surface area contributed by atoms with Crippen molar-refractivity contribution in [2.24, 2.45) is 15.9 Å². The van der Waals surface area contributed by atoms with Crippen LogP contribution < -0.4 is 5.73 Å². The van der Waals surface area contributed by atoms with E-state index < -0.39 is 16.3 Å². The second-order valence-corrected chi connectivity index (χ2v) is 4.44. The van der Waals surface area contributed by atoms with E-state index in [0.29, 0.717) is 5.69 Å². The molecule has 8 heteroatoms. The van der Waals surface area contributed by atoms with Crippen LogP contribution in [-0.4, -0.2) is 33.3 Å². The third-order valence-corrected chi connectivity index (χ3v) is 2.47. The lowest BCUT2D eigenvalue weighted by atomic mass is 10.1. The number of rotatable bonds is 3. The Balaban J connectivity index is 2.24. The number of oxazole rings is 1. The average Bonchev–Trinajstić information content (AvgIpc) is 2.86. The van der Waals surface area contributed by atoms with Crippen molar-refractivity contribution < 1.29 is 19.0 Å². The summed E-state index contributed by atoms with van der Waals surface area (Å²) < 4.78 is 4.53. The molecule has 2 amide bonds. The molecule has 0 radical (unpaired) electrons. The van der Waals surface area contributed by atoms with E-state index in [1.807, 2.05) is 0 Å². The molecule has 1 aliphatic heterocycles. The van der Waals surface area contributed by atoms with Gasteiger partial charge in [-0.2, -0.15) is 0 Å². The Kier molecular flexibility index (Phi) is 2.76. The number of primary amides is 1. The lowest BCUT2D eigenvalue weighted by Gasteiger charge is -2.15. The fourth-order valence-electron chi connectivity index (χ4n) is 1.44. The number of amides is 2. The summed E-state index contributed by atoms with van der Waals surface area (Å²) in [5.74, 6) is 0.224. The van der Waals surface area contributed by atoms with Gasteiger partial charge < -0.3 is 15.3 Å². The number of hydrogen-bond donors (Lipinski definition) is 2. The Hall–Kier alpha value is -2.06. The normalized spacial score (nSPS) is 17.3. The van der Waals surface area contributed by atoms with Crippen LogP contribution in [0, 0.1) is 0 Å². The second-order valence-electron chi connectivity index (χ2n) is 4.44. The molecule has 3 N–H and O–H groups in total. The molecule has 0 bridgehead atoms. The molecule has 0 saturated heterocycles. The van der Waals surface area contributed by atoms with Crippen molar-refractivity contribution in [1.29, 1.82) is 0 Å². The van der Waals surface area contributed by atoms with E-state index in [1.165, 1.54) is 18.7 Å². The lowest BCUT2D eigenvalue weighted by molar-refractivity contribution is -0.874. The molecule has 0 saturated carbocycles. The molecule has 0 unspecified atom stereocenters. The maximum atomic E-state index is 11.4. The van der Waals surface area contributed by atoms with Crippen LogP contribution in [0.1, 0.15) is 25.4 Å². The van der Waals surface area contributed by atoms with Crippen molar-refractivity contribution in [3.05, 3.63) is 17.8 Å². The smallest absolute Gasteiger partial charge is 0.443 e. The Morgan fingerprint density at radius 2 is 2.11 bits per heavy atom. The molecule has 0 spiro atoms. The van der Waals surface area contributed by atoms with Crippen LogP contribution in [0.15, 0.2) is 20.9 Å². The topological polar surface area (TPSA) is 114 Å². The fourth-order valence-corrected chi connectivity index (χ4v) is 1.44. The van der Waals surface area contributed by atoms with Crippen molar-refractivity contribution in [2.75, 3.05) is 0 Å². The van der Waals surface area contributed by atoms with Crippen molar-refractivity contribution >= 4 is 18.5 Å². The Morgan fingerprint density at radius 3 is 2.56 bits per heavy atom. The molecule has 18 heavy (non-hydrogen) atoms. The van der Waals surface area contributed by atoms with E-state index in [1.54, 1.807) is 13.8 Å². The van der Waals surface area contributed by atoms with Gasteiger partial charge in [-0.05, 0) is 24.1 Å². The maximum Gasteiger partial charge on any atom is 0.468 e. The highest BCUT2D eigenvalue weighted by atomic mass is 16.3. The molecule has 8 nitrogen and oxygen atoms in total. The lowest BCUT2D eigenvalue weighted by Crippen LogP contribution is -2.45. The number of carbonyl (C=O) groups excluding carboxylic acids is 1. The number of carbonyl (C=O) groups is 1. The summed E-state index contributed by atoms with van der Waals surface area (Å²) in [6.45, 7) is 3.14. The Morgan fingerprint density at radius 1 is 1.50 bits per heavy atom. The van der Waals surface area contributed by atoms with Crippen molar-refractivity contribution in [3.63, 3.8) is 0 Å². The van der Waals surface area contributed by atoms with Gasteiger partial charge in [0.05, 0.1) is 0 Å². The molecular formula is C10H14N5O3+. The monoisotopic (exact) mass is 252 g/mol. The van der Waals surface area contributed by atoms with E-state index in [0.717, 1.165) is 0 Å². The molecule has 2 heterocycles. The van der Waals surface area contributed by atoms with E-state index in [2.05, 4.69) is 15.2 Å². The van der Waals surface area contributed by atoms with Crippen LogP contribution >= 0.6 is 0 Å². The first-order valence-electron chi connectivity index (χ1n) is 5.29. The molecule has 0 aliphatic carbocycles. The number of aromatic nitrogens is 1. The molecule has 0 atom stereocenters. The summed E-state index contributed by atoms with van der Waals surface area (Å²) in [6, 6.07) is -0.733. The van der Waals surface area contributed by atoms with Crippen LogP contribution in [0.25, 0.3) is 0 Å². The SMILES string of the molecule is CC(C)(O)c1coc(C[N+]2(C(N)=O)N=CC=N2)n1. The maximum absolute atomic E-state index is 11.4. The average molecular weight is 252 g/mol. The molecule has 96 valence electrons. The number of nitrogens with two attached hydrogens (primary N) is 1. The first kappa shape index (κ1) is 12.4. The van der Waals surface area contributed by atoms with Gasteiger partial charge in [-0.25, -0.2) is 9.78 Å². The summed E-state index contributed by atoms with van der Waals surface area (Å²) in [5, 5.41) is 17.5. The quantitative estimate of drug-likeness (QED) is 0.752. The number of quaternary nitrogens is 1. The fraction of sp³-hybridized carbons (Fsp3) is 0.400. The van der Waals surface area contributed by atoms with Crippen LogP contribution in [0.5, 0.6) is 0 Å². The minimum Gasteiger partial charge on any atom is -0.443 e. The van der Waals surface area contributed by atoms with E-state index in [9.17, 15) is 9.90 Å². The van der Waals surface area contributed by atoms with Gasteiger partial charge in [0, 0.05) is 4.70 Å². The number of nitrogens with zero attached hydrogens (tertiary/aromatic N) is 4. The van der Waals surface area contributed by atoms with Crippen molar-refractivity contribution in [1.82, 2.24) is 4.98 Å². The minimum atomic E-state index is -1.11. The predicted octanol–water partition coefficient (Wildman–Crippen LogP) is 0.283. The third-order valence-electron chi connectivity index (χ3n) is 2.47. The highest BCUT2D eigenvalue weighted by Crippen LogP contribution is 2.22. The summed E-state index contributed by atoms with van der Waals surface area (Å²) in [4.78, 5) is 15.5. The number of hydrogen-bond acceptors (Lipinski definition) is 6. The largest absolute Gasteiger partial charge is 0.468 e. The summed E-state index contributed by atoms with van der Waals surface area (Å²) >= 11 is 0. The second kappa shape index (κ2) is 4.00. The van der Waals surface area contributed by atoms with E-state index >= 15 is 0 Å². The van der Waals surface area contributed by atoms with Gasteiger partial charge in [-0.15, -0.1) is 0 Å². The highest BCUT2D eigenvalue weighted by Gasteiger charge is 2.40. The van der Waals surface area contributed by atoms with Gasteiger partial charge >= 0.3 is 6.03 Å². The summed E-state index contributed by atoms with van der Waals surface area (Å²) in [7, 11) is 0. The highest BCUT2D eigenvalue weighted by molar-refractivity contribution is 6.16. The van der Waals surface area contributed by atoms with Crippen LogP contribution in [0.2, 0.25) is 0 Å². The zero-order valence-electron chi connectivity index (χ0n) is 10.1. The molecule has 1 aliphatic rings. The molecule has 1 aromatic rings. The van der Waals surface area contributed by atoms with Gasteiger partial charge in [0.25, 0.3) is 5.89 Å². The standard InChI is InChI=1S/C10H13N5O3/c1-10(2,17)7-6-18-8(14-7)5-15(9(11)16)12-3-4-13-15/h3-4,6,17H,5H2,1-2H3,(H-,11,16)/p+1. The molecule has 2 rings (SSSR count). The van der Waals surface area contributed by atoms with E-state index in [4.69, 9.17) is 10.2 Å². The molecule has 1 aromatic heterocycles. The summed E-state index contributed by atoms with van der Waals surface area (Å²) in [6.07, 6.45) is 4.09. The number of aliphatic hydroxyl groups is 1. The molecular weight excluding hydrogens is 238 g/mol. The Bertz CT molecular complexity index is 514. The van der Waals surface area contributed by atoms with Gasteiger partial charge in [0.1, 0.15) is 30.0 Å². The number of urea groups is 1. The third kappa shape index (κ3) is 2.15. The van der Waals surface area contributed by atoms with Crippen LogP contribution in [0.3, 0.4) is 0 Å². The zero-order valence-corrected chi connectivity index (χ0v) is 10.1. The van der Waals surface area contributed by atoms with Gasteiger partial charge in [0.2, 0.25) is 6.54 Å². The first-order valence-corrected chi connectivity index (χ1v) is 5.29. The Labute approximate surface area is 103 Å². The predicted molar refractivity (Wildman–Crippen MR) is 62.3 cm³/mol.